The van der Waals surface area contributed by atoms with Gasteiger partial charge in [0.25, 0.3) is 0 Å². The fourth-order valence-corrected chi connectivity index (χ4v) is 19.8. The number of carbonyl (C=O) groups is 8. The Morgan fingerprint density at radius 2 is 1.06 bits per heavy atom. The van der Waals surface area contributed by atoms with Crippen LogP contribution in [0.5, 0.6) is 0 Å². The normalized spacial score (nSPS) is 43.3. The molecule has 10 aliphatic rings. The summed E-state index contributed by atoms with van der Waals surface area (Å²) in [6.45, 7) is 20.5. The predicted molar refractivity (Wildman–Crippen MR) is 279 cm³/mol. The number of aliphatic carboxylic acids is 1. The quantitative estimate of drug-likeness (QED) is 0.0948. The lowest BCUT2D eigenvalue weighted by molar-refractivity contribution is -0.179. The molecule has 78 heavy (non-hydrogen) atoms. The van der Waals surface area contributed by atoms with Crippen LogP contribution in [-0.4, -0.2) is 112 Å². The smallest absolute Gasteiger partial charge is 0.410 e. The number of hydrogen-bond donors (Lipinski definition) is 2. The van der Waals surface area contributed by atoms with Gasteiger partial charge in [-0.3, -0.25) is 33.6 Å². The molecular weight excluding hydrogens is 1000 g/mol. The van der Waals surface area contributed by atoms with Gasteiger partial charge in [-0.1, -0.05) is 13.8 Å². The lowest BCUT2D eigenvalue weighted by Crippen LogP contribution is -2.54. The number of piperidine rings is 1. The fourth-order valence-electron chi connectivity index (χ4n) is 19.8. The third-order valence-electron chi connectivity index (χ3n) is 21.7. The number of hydrogen-bond acceptors (Lipinski definition) is 15. The number of esters is 6. The highest BCUT2D eigenvalue weighted by molar-refractivity contribution is 5.96. The van der Waals surface area contributed by atoms with E-state index in [0.29, 0.717) is 51.0 Å². The van der Waals surface area contributed by atoms with Crippen LogP contribution in [0, 0.1) is 136 Å². The molecule has 0 radical (unpaired) electrons. The summed E-state index contributed by atoms with van der Waals surface area (Å²) < 4.78 is 35.6. The number of carbonyl (C=O) groups excluding carboxylic acids is 7. The highest BCUT2D eigenvalue weighted by Gasteiger charge is 2.75. The molecule has 1 amide bonds. The molecule has 24 atom stereocenters. The standard InChI is InChI=1S/C61H89NO16/c1-27-29-20-34(38(21-29)54(68)76-59(3,4)5)41(27)43-31-23-35(37(25-31)53(67)74-19-17-63)45(43)44-30-22-33(36(24-30)51(64)65)46(44)48-40-26-39(47(48)42-28(2)52(66)75-56(42)70)49(50(40)57(71)77-60(6,7)8)55(69)73-18-15-32-14-12-13-16-62(32)58(72)78-61(9,10)11/h27-50,63H,12-26H2,1-11H3,(H,64,65). The van der Waals surface area contributed by atoms with Crippen LogP contribution in [0.25, 0.3) is 0 Å². The van der Waals surface area contributed by atoms with Crippen molar-refractivity contribution in [2.45, 2.75) is 170 Å². The maximum Gasteiger partial charge on any atom is 0.410 e. The minimum atomic E-state index is -1.05. The maximum atomic E-state index is 15.1. The average molecular weight is 1090 g/mol. The number of aliphatic hydroxyl groups is 1. The number of rotatable bonds is 14. The van der Waals surface area contributed by atoms with Crippen molar-refractivity contribution in [3.05, 3.63) is 0 Å². The van der Waals surface area contributed by atoms with Crippen LogP contribution in [0.3, 0.4) is 0 Å². The fraction of sp³-hybridized carbons (Fsp3) is 0.869. The number of cyclic esters (lactones) is 2. The van der Waals surface area contributed by atoms with Crippen molar-refractivity contribution in [2.75, 3.05) is 26.4 Å². The van der Waals surface area contributed by atoms with E-state index in [-0.39, 0.29) is 109 Å². The molecule has 0 spiro atoms. The summed E-state index contributed by atoms with van der Waals surface area (Å²) in [6.07, 6.45) is 6.76. The maximum absolute atomic E-state index is 15.1. The number of carboxylic acid groups (broad SMARTS) is 1. The first-order valence-corrected chi connectivity index (χ1v) is 30.0. The minimum absolute atomic E-state index is 0.0370. The molecule has 0 aromatic rings. The van der Waals surface area contributed by atoms with Gasteiger partial charge in [0.05, 0.1) is 54.6 Å². The average Bonchev–Trinajstić information content (AvgIpc) is 3.78. The van der Waals surface area contributed by atoms with Gasteiger partial charge < -0.3 is 43.5 Å². The number of ether oxygens (including phenoxy) is 6. The van der Waals surface area contributed by atoms with E-state index in [1.54, 1.807) is 32.6 Å². The van der Waals surface area contributed by atoms with Crippen LogP contribution in [0.15, 0.2) is 0 Å². The van der Waals surface area contributed by atoms with E-state index < -0.39 is 112 Å². The SMILES string of the molecule is CC1C(=O)OC(=O)C1C1C2CC(C(C(=O)OC(C)(C)C)C2C(=O)OCCC2CCCCN2C(=O)OC(C)(C)C)C1C1C2CC(CC2C(=O)O)C1C1C2CC(CC2C(=O)OCCO)C1C1C(C)C2CC(C(=O)OC(C)(C)C)C1C2. The number of carboxylic acids is 1. The van der Waals surface area contributed by atoms with Crippen molar-refractivity contribution in [2.24, 2.45) is 136 Å². The zero-order valence-electron chi connectivity index (χ0n) is 48.0. The third-order valence-corrected chi connectivity index (χ3v) is 21.7. The highest BCUT2D eigenvalue weighted by atomic mass is 16.6. The lowest BCUT2D eigenvalue weighted by Gasteiger charge is -2.54. The number of fused-ring (bicyclic) bond motifs is 8. The summed E-state index contributed by atoms with van der Waals surface area (Å²) in [6, 6.07) is -0.242. The summed E-state index contributed by atoms with van der Waals surface area (Å²) in [7, 11) is 0. The first-order chi connectivity index (χ1) is 36.6. The van der Waals surface area contributed by atoms with Crippen molar-refractivity contribution >= 4 is 47.9 Å². The topological polar surface area (TPSA) is 236 Å². The Morgan fingerprint density at radius 1 is 0.551 bits per heavy atom. The van der Waals surface area contributed by atoms with Gasteiger partial charge in [-0.25, -0.2) is 4.79 Å². The molecule has 0 aromatic heterocycles. The summed E-state index contributed by atoms with van der Waals surface area (Å²) in [4.78, 5) is 115. The van der Waals surface area contributed by atoms with Gasteiger partial charge in [0.1, 0.15) is 23.4 Å². The monoisotopic (exact) mass is 1090 g/mol. The molecule has 8 aliphatic carbocycles. The molecule has 2 saturated heterocycles. The van der Waals surface area contributed by atoms with E-state index in [1.165, 1.54) is 0 Å². The minimum Gasteiger partial charge on any atom is -0.481 e. The second-order valence-electron chi connectivity index (χ2n) is 29.2. The molecule has 2 N–H and O–H groups in total. The van der Waals surface area contributed by atoms with Gasteiger partial charge in [0.2, 0.25) is 0 Å². The van der Waals surface area contributed by atoms with Crippen LogP contribution < -0.4 is 0 Å². The second kappa shape index (κ2) is 20.9. The molecule has 8 saturated carbocycles. The van der Waals surface area contributed by atoms with E-state index in [2.05, 4.69) is 6.92 Å². The summed E-state index contributed by atoms with van der Waals surface area (Å²) in [5, 5.41) is 20.9. The van der Waals surface area contributed by atoms with E-state index in [0.717, 1.165) is 32.1 Å². The third kappa shape index (κ3) is 10.2. The van der Waals surface area contributed by atoms with Gasteiger partial charge >= 0.3 is 47.9 Å². The van der Waals surface area contributed by atoms with Gasteiger partial charge in [0, 0.05) is 19.0 Å². The first kappa shape index (κ1) is 57.0. The molecule has 17 heteroatoms. The zero-order valence-corrected chi connectivity index (χ0v) is 48.0. The van der Waals surface area contributed by atoms with Crippen molar-refractivity contribution in [3.63, 3.8) is 0 Å². The summed E-state index contributed by atoms with van der Waals surface area (Å²) >= 11 is 0. The summed E-state index contributed by atoms with van der Waals surface area (Å²) in [5.74, 6) is -11.9. The first-order valence-electron chi connectivity index (χ1n) is 30.0. The Kier molecular flexibility index (Phi) is 15.3. The van der Waals surface area contributed by atoms with Gasteiger partial charge in [-0.2, -0.15) is 0 Å². The van der Waals surface area contributed by atoms with Gasteiger partial charge in [-0.05, 0) is 221 Å². The second-order valence-corrected chi connectivity index (χ2v) is 29.2. The van der Waals surface area contributed by atoms with Crippen molar-refractivity contribution < 1.29 is 77.0 Å². The molecule has 2 aliphatic heterocycles. The molecule has 24 unspecified atom stereocenters. The van der Waals surface area contributed by atoms with Crippen LogP contribution in [0.2, 0.25) is 0 Å². The molecule has 10 rings (SSSR count). The highest BCUT2D eigenvalue weighted by Crippen LogP contribution is 2.76. The summed E-state index contributed by atoms with van der Waals surface area (Å²) in [5.41, 5.74) is -2.31. The Morgan fingerprint density at radius 3 is 1.67 bits per heavy atom. The largest absolute Gasteiger partial charge is 0.481 e. The Balaban J connectivity index is 1.04. The van der Waals surface area contributed by atoms with E-state index in [1.807, 2.05) is 41.5 Å². The molecule has 0 aromatic carbocycles. The van der Waals surface area contributed by atoms with Crippen LogP contribution in [-0.2, 0) is 62.0 Å². The van der Waals surface area contributed by atoms with E-state index >= 15 is 9.59 Å². The molecular formula is C61H89NO16. The van der Waals surface area contributed by atoms with E-state index in [4.69, 9.17) is 28.4 Å². The van der Waals surface area contributed by atoms with Crippen molar-refractivity contribution in [1.29, 1.82) is 0 Å². The van der Waals surface area contributed by atoms with Gasteiger partial charge in [-0.15, -0.1) is 0 Å². The molecule has 10 fully saturated rings. The Bertz CT molecular complexity index is 2380. The van der Waals surface area contributed by atoms with Crippen LogP contribution in [0.1, 0.15) is 147 Å². The van der Waals surface area contributed by atoms with E-state index in [9.17, 15) is 39.0 Å². The predicted octanol–water partition coefficient (Wildman–Crippen LogP) is 8.15. The van der Waals surface area contributed by atoms with Crippen LogP contribution in [0.4, 0.5) is 4.79 Å². The number of likely N-dealkylation sites (tertiary alicyclic amines) is 1. The zero-order chi connectivity index (χ0) is 56.4. The molecule has 8 bridgehead atoms. The number of amides is 1. The number of nitrogens with zero attached hydrogens (tertiary/aromatic N) is 1. The molecule has 434 valence electrons. The number of aliphatic hydroxyl groups excluding tert-OH is 1. The lowest BCUT2D eigenvalue weighted by atomic mass is 9.50. The Labute approximate surface area is 460 Å². The Hall–Kier alpha value is -4.28. The molecule has 17 nitrogen and oxygen atoms in total. The van der Waals surface area contributed by atoms with Crippen molar-refractivity contribution in [1.82, 2.24) is 4.90 Å². The van der Waals surface area contributed by atoms with Crippen LogP contribution >= 0.6 is 0 Å². The van der Waals surface area contributed by atoms with Crippen molar-refractivity contribution in [3.8, 4) is 0 Å². The molecule has 2 heterocycles. The van der Waals surface area contributed by atoms with Gasteiger partial charge in [0.15, 0.2) is 0 Å².